The normalized spacial score (nSPS) is 12.8. The molecule has 9 heteroatoms. The number of amides is 1. The standard InChI is InChI=1S/C15H13N5O4/c21-14(8-13-18-15(24-20-13)10-3-4-16-19-10)17-9-1-2-11-12(7-9)23-6-5-22-11/h1-4,7H,5-6,8H2,(H,16,19)(H,17,21). The minimum atomic E-state index is -0.261. The van der Waals surface area contributed by atoms with Crippen molar-refractivity contribution < 1.29 is 18.8 Å². The minimum absolute atomic E-state index is 0.00786. The number of fused-ring (bicyclic) bond motifs is 1. The van der Waals surface area contributed by atoms with Crippen LogP contribution in [0.4, 0.5) is 5.69 Å². The molecule has 0 spiro atoms. The second-order valence-corrected chi connectivity index (χ2v) is 5.07. The van der Waals surface area contributed by atoms with Gasteiger partial charge in [0.15, 0.2) is 17.3 Å². The van der Waals surface area contributed by atoms with Crippen molar-refractivity contribution in [3.05, 3.63) is 36.3 Å². The number of hydrogen-bond donors (Lipinski definition) is 2. The summed E-state index contributed by atoms with van der Waals surface area (Å²) in [7, 11) is 0. The molecule has 1 aromatic carbocycles. The SMILES string of the molecule is O=C(Cc1noc(-c2ccn[nH]2)n1)Nc1ccc2c(c1)OCCO2. The Kier molecular flexibility index (Phi) is 3.58. The number of aromatic amines is 1. The second kappa shape index (κ2) is 6.03. The molecule has 24 heavy (non-hydrogen) atoms. The topological polar surface area (TPSA) is 115 Å². The summed E-state index contributed by atoms with van der Waals surface area (Å²) in [6, 6.07) is 6.93. The Morgan fingerprint density at radius 2 is 2.08 bits per heavy atom. The Labute approximate surface area is 136 Å². The van der Waals surface area contributed by atoms with E-state index >= 15 is 0 Å². The fourth-order valence-corrected chi connectivity index (χ4v) is 2.28. The van der Waals surface area contributed by atoms with Gasteiger partial charge in [0.25, 0.3) is 5.89 Å². The van der Waals surface area contributed by atoms with Gasteiger partial charge in [0.05, 0.1) is 6.42 Å². The number of aromatic nitrogens is 4. The maximum Gasteiger partial charge on any atom is 0.275 e. The molecular formula is C15H13N5O4. The molecule has 9 nitrogen and oxygen atoms in total. The van der Waals surface area contributed by atoms with Crippen molar-refractivity contribution in [1.29, 1.82) is 0 Å². The first-order valence-corrected chi connectivity index (χ1v) is 7.30. The van der Waals surface area contributed by atoms with E-state index in [1.54, 1.807) is 30.5 Å². The van der Waals surface area contributed by atoms with E-state index in [0.717, 1.165) is 0 Å². The van der Waals surface area contributed by atoms with Crippen LogP contribution in [0.1, 0.15) is 5.82 Å². The van der Waals surface area contributed by atoms with Crippen molar-refractivity contribution in [3.8, 4) is 23.1 Å². The fraction of sp³-hybridized carbons (Fsp3) is 0.200. The van der Waals surface area contributed by atoms with Crippen molar-refractivity contribution in [2.75, 3.05) is 18.5 Å². The third-order valence-electron chi connectivity index (χ3n) is 3.34. The van der Waals surface area contributed by atoms with Crippen LogP contribution in [0, 0.1) is 0 Å². The molecule has 0 radical (unpaired) electrons. The highest BCUT2D eigenvalue weighted by Gasteiger charge is 2.15. The van der Waals surface area contributed by atoms with Crippen LogP contribution in [0.5, 0.6) is 11.5 Å². The molecule has 0 saturated heterocycles. The lowest BCUT2D eigenvalue weighted by atomic mass is 10.2. The van der Waals surface area contributed by atoms with E-state index in [4.69, 9.17) is 14.0 Å². The molecule has 1 aliphatic heterocycles. The summed E-state index contributed by atoms with van der Waals surface area (Å²) in [5.41, 5.74) is 1.21. The van der Waals surface area contributed by atoms with Crippen LogP contribution in [0.3, 0.4) is 0 Å². The van der Waals surface area contributed by atoms with Gasteiger partial charge in [-0.15, -0.1) is 0 Å². The molecule has 1 amide bonds. The summed E-state index contributed by atoms with van der Waals surface area (Å²) >= 11 is 0. The highest BCUT2D eigenvalue weighted by Crippen LogP contribution is 2.32. The third-order valence-corrected chi connectivity index (χ3v) is 3.34. The van der Waals surface area contributed by atoms with Gasteiger partial charge in [0.1, 0.15) is 18.9 Å². The van der Waals surface area contributed by atoms with Gasteiger partial charge >= 0.3 is 0 Å². The number of carbonyl (C=O) groups is 1. The van der Waals surface area contributed by atoms with Crippen molar-refractivity contribution in [1.82, 2.24) is 20.3 Å². The fourth-order valence-electron chi connectivity index (χ4n) is 2.28. The van der Waals surface area contributed by atoms with Gasteiger partial charge < -0.3 is 19.3 Å². The molecule has 1 aliphatic rings. The Morgan fingerprint density at radius 3 is 2.92 bits per heavy atom. The molecule has 122 valence electrons. The molecule has 0 atom stereocenters. The lowest BCUT2D eigenvalue weighted by Crippen LogP contribution is -2.17. The van der Waals surface area contributed by atoms with E-state index in [1.165, 1.54) is 0 Å². The van der Waals surface area contributed by atoms with E-state index in [2.05, 4.69) is 25.7 Å². The van der Waals surface area contributed by atoms with Gasteiger partial charge in [-0.2, -0.15) is 10.1 Å². The van der Waals surface area contributed by atoms with Crippen LogP contribution in [-0.4, -0.2) is 39.5 Å². The van der Waals surface area contributed by atoms with Gasteiger partial charge in [0, 0.05) is 18.0 Å². The largest absolute Gasteiger partial charge is 0.486 e. The summed E-state index contributed by atoms with van der Waals surface area (Å²) in [6.07, 6.45) is 1.57. The number of hydrogen-bond acceptors (Lipinski definition) is 7. The van der Waals surface area contributed by atoms with E-state index < -0.39 is 0 Å². The molecule has 3 heterocycles. The van der Waals surface area contributed by atoms with Gasteiger partial charge in [-0.05, 0) is 18.2 Å². The summed E-state index contributed by atoms with van der Waals surface area (Å²) in [6.45, 7) is 1.01. The Morgan fingerprint density at radius 1 is 1.21 bits per heavy atom. The van der Waals surface area contributed by atoms with E-state index in [-0.39, 0.29) is 24.0 Å². The Balaban J connectivity index is 1.42. The molecule has 0 unspecified atom stereocenters. The molecule has 0 aliphatic carbocycles. The smallest absolute Gasteiger partial charge is 0.275 e. The summed E-state index contributed by atoms with van der Waals surface area (Å²) in [5, 5.41) is 13.1. The first kappa shape index (κ1) is 14.2. The first-order chi connectivity index (χ1) is 11.8. The monoisotopic (exact) mass is 327 g/mol. The highest BCUT2D eigenvalue weighted by molar-refractivity contribution is 5.92. The van der Waals surface area contributed by atoms with Crippen molar-refractivity contribution >= 4 is 11.6 Å². The van der Waals surface area contributed by atoms with E-state index in [1.807, 2.05) is 0 Å². The van der Waals surface area contributed by atoms with Crippen LogP contribution >= 0.6 is 0 Å². The predicted molar refractivity (Wildman–Crippen MR) is 81.6 cm³/mol. The molecule has 0 bridgehead atoms. The number of nitrogens with one attached hydrogen (secondary N) is 2. The van der Waals surface area contributed by atoms with Crippen molar-refractivity contribution in [2.45, 2.75) is 6.42 Å². The zero-order valence-electron chi connectivity index (χ0n) is 12.5. The van der Waals surface area contributed by atoms with Gasteiger partial charge in [-0.3, -0.25) is 9.89 Å². The van der Waals surface area contributed by atoms with Crippen LogP contribution in [-0.2, 0) is 11.2 Å². The summed E-state index contributed by atoms with van der Waals surface area (Å²) in [5.74, 6) is 1.59. The van der Waals surface area contributed by atoms with Crippen LogP contribution < -0.4 is 14.8 Å². The molecule has 4 rings (SSSR count). The predicted octanol–water partition coefficient (Wildman–Crippen LogP) is 1.41. The van der Waals surface area contributed by atoms with Crippen LogP contribution in [0.15, 0.2) is 35.0 Å². The number of ether oxygens (including phenoxy) is 2. The average molecular weight is 327 g/mol. The average Bonchev–Trinajstić information content (AvgIpc) is 3.26. The molecular weight excluding hydrogens is 314 g/mol. The van der Waals surface area contributed by atoms with E-state index in [0.29, 0.717) is 36.1 Å². The van der Waals surface area contributed by atoms with Gasteiger partial charge in [0.2, 0.25) is 5.91 Å². The number of H-pyrrole nitrogens is 1. The number of nitrogens with zero attached hydrogens (tertiary/aromatic N) is 3. The second-order valence-electron chi connectivity index (χ2n) is 5.07. The lowest BCUT2D eigenvalue weighted by Gasteiger charge is -2.18. The first-order valence-electron chi connectivity index (χ1n) is 7.30. The zero-order valence-corrected chi connectivity index (χ0v) is 12.5. The van der Waals surface area contributed by atoms with Gasteiger partial charge in [-0.1, -0.05) is 5.16 Å². The maximum absolute atomic E-state index is 12.1. The molecule has 3 aromatic rings. The number of anilines is 1. The molecule has 0 saturated carbocycles. The highest BCUT2D eigenvalue weighted by atomic mass is 16.6. The van der Waals surface area contributed by atoms with Crippen molar-refractivity contribution in [3.63, 3.8) is 0 Å². The third kappa shape index (κ3) is 2.91. The Bertz CT molecular complexity index is 859. The number of carbonyl (C=O) groups excluding carboxylic acids is 1. The quantitative estimate of drug-likeness (QED) is 0.744. The maximum atomic E-state index is 12.1. The lowest BCUT2D eigenvalue weighted by molar-refractivity contribution is -0.115. The van der Waals surface area contributed by atoms with E-state index in [9.17, 15) is 4.79 Å². The molecule has 2 N–H and O–H groups in total. The zero-order chi connectivity index (χ0) is 16.4. The summed E-state index contributed by atoms with van der Waals surface area (Å²) in [4.78, 5) is 16.3. The van der Waals surface area contributed by atoms with Crippen LogP contribution in [0.2, 0.25) is 0 Å². The van der Waals surface area contributed by atoms with Crippen LogP contribution in [0.25, 0.3) is 11.6 Å². The Hall–Kier alpha value is -3.36. The number of benzene rings is 1. The number of rotatable bonds is 4. The molecule has 2 aromatic heterocycles. The van der Waals surface area contributed by atoms with Gasteiger partial charge in [-0.25, -0.2) is 0 Å². The minimum Gasteiger partial charge on any atom is -0.486 e. The van der Waals surface area contributed by atoms with Crippen molar-refractivity contribution in [2.24, 2.45) is 0 Å². The summed E-state index contributed by atoms with van der Waals surface area (Å²) < 4.78 is 16.0. The molecule has 0 fully saturated rings.